The highest BCUT2D eigenvalue weighted by Crippen LogP contribution is 2.32. The number of hydrogen-bond acceptors (Lipinski definition) is 6. The van der Waals surface area contributed by atoms with E-state index in [2.05, 4.69) is 4.98 Å². The zero-order chi connectivity index (χ0) is 13.6. The highest BCUT2D eigenvalue weighted by atomic mass is 32.2. The summed E-state index contributed by atoms with van der Waals surface area (Å²) >= 11 is 1.16. The Morgan fingerprint density at radius 1 is 1.32 bits per heavy atom. The largest absolute Gasteiger partial charge is 0.375 e. The Morgan fingerprint density at radius 3 is 2.68 bits per heavy atom. The minimum atomic E-state index is -3.76. The van der Waals surface area contributed by atoms with Gasteiger partial charge in [0.05, 0.1) is 12.1 Å². The van der Waals surface area contributed by atoms with Gasteiger partial charge in [0.15, 0.2) is 5.13 Å². The number of aromatic nitrogens is 1. The fraction of sp³-hybridized carbons (Fsp3) is 0.0909. The van der Waals surface area contributed by atoms with Crippen molar-refractivity contribution >= 4 is 32.4 Å². The van der Waals surface area contributed by atoms with Crippen molar-refractivity contribution in [1.29, 1.82) is 0 Å². The predicted molar refractivity (Wildman–Crippen MR) is 70.0 cm³/mol. The van der Waals surface area contributed by atoms with Crippen molar-refractivity contribution in [3.05, 3.63) is 40.9 Å². The summed E-state index contributed by atoms with van der Waals surface area (Å²) in [4.78, 5) is 16.6. The number of sulfonamides is 1. The normalized spacial score (nSPS) is 16.6. The van der Waals surface area contributed by atoms with Gasteiger partial charge in [-0.05, 0) is 12.1 Å². The van der Waals surface area contributed by atoms with Crippen LogP contribution in [0.5, 0.6) is 0 Å². The number of rotatable bonds is 2. The average Bonchev–Trinajstić information content (AvgIpc) is 2.87. The zero-order valence-corrected chi connectivity index (χ0v) is 11.2. The molecule has 0 unspecified atom stereocenters. The van der Waals surface area contributed by atoms with Gasteiger partial charge in [-0.1, -0.05) is 12.1 Å². The van der Waals surface area contributed by atoms with Gasteiger partial charge in [-0.25, -0.2) is 17.7 Å². The van der Waals surface area contributed by atoms with Gasteiger partial charge in [0.25, 0.3) is 15.9 Å². The van der Waals surface area contributed by atoms with Gasteiger partial charge in [0.2, 0.25) is 0 Å². The van der Waals surface area contributed by atoms with Crippen molar-refractivity contribution in [3.8, 4) is 0 Å². The summed E-state index contributed by atoms with van der Waals surface area (Å²) in [6, 6.07) is 6.18. The molecule has 19 heavy (non-hydrogen) atoms. The third-order valence-electron chi connectivity index (χ3n) is 2.78. The maximum atomic E-state index is 12.3. The third-order valence-corrected chi connectivity index (χ3v) is 5.38. The van der Waals surface area contributed by atoms with Crippen LogP contribution in [0.15, 0.2) is 35.4 Å². The van der Waals surface area contributed by atoms with Crippen LogP contribution in [0.2, 0.25) is 0 Å². The van der Waals surface area contributed by atoms with Crippen LogP contribution in [0, 0.1) is 0 Å². The lowest BCUT2D eigenvalue weighted by atomic mass is 10.2. The molecule has 3 rings (SSSR count). The molecule has 2 N–H and O–H groups in total. The highest BCUT2D eigenvalue weighted by Gasteiger charge is 2.40. The van der Waals surface area contributed by atoms with Gasteiger partial charge in [-0.2, -0.15) is 0 Å². The van der Waals surface area contributed by atoms with Crippen molar-refractivity contribution in [2.45, 2.75) is 11.4 Å². The molecule has 2 aromatic rings. The quantitative estimate of drug-likeness (QED) is 0.894. The van der Waals surface area contributed by atoms with Gasteiger partial charge < -0.3 is 5.73 Å². The minimum Gasteiger partial charge on any atom is -0.375 e. The van der Waals surface area contributed by atoms with Gasteiger partial charge in [-0.15, -0.1) is 11.3 Å². The molecule has 1 aliphatic heterocycles. The van der Waals surface area contributed by atoms with Crippen LogP contribution < -0.4 is 5.73 Å². The molecule has 0 fully saturated rings. The summed E-state index contributed by atoms with van der Waals surface area (Å²) in [6.45, 7) is -0.0370. The summed E-state index contributed by atoms with van der Waals surface area (Å²) in [6.07, 6.45) is 1.48. The second kappa shape index (κ2) is 4.04. The molecule has 2 heterocycles. The molecule has 0 saturated heterocycles. The van der Waals surface area contributed by atoms with Crippen LogP contribution >= 0.6 is 11.3 Å². The first-order valence-electron chi connectivity index (χ1n) is 5.36. The second-order valence-electron chi connectivity index (χ2n) is 3.98. The molecule has 98 valence electrons. The molecule has 0 spiro atoms. The molecular formula is C11H9N3O3S2. The first-order valence-corrected chi connectivity index (χ1v) is 7.62. The topological polar surface area (TPSA) is 93.4 Å². The number of thiazole rings is 1. The lowest BCUT2D eigenvalue weighted by Gasteiger charge is -2.13. The summed E-state index contributed by atoms with van der Waals surface area (Å²) in [5.41, 5.74) is 5.70. The number of amides is 1. The maximum absolute atomic E-state index is 12.3. The van der Waals surface area contributed by atoms with E-state index in [1.165, 1.54) is 18.3 Å². The number of carbonyl (C=O) groups is 1. The zero-order valence-electron chi connectivity index (χ0n) is 9.61. The van der Waals surface area contributed by atoms with Gasteiger partial charge in [0.1, 0.15) is 4.90 Å². The van der Waals surface area contributed by atoms with Crippen molar-refractivity contribution in [1.82, 2.24) is 9.29 Å². The van der Waals surface area contributed by atoms with Crippen molar-refractivity contribution in [2.75, 3.05) is 5.73 Å². The molecule has 0 aliphatic carbocycles. The second-order valence-corrected chi connectivity index (χ2v) is 6.96. The van der Waals surface area contributed by atoms with Crippen LogP contribution in [0.25, 0.3) is 0 Å². The van der Waals surface area contributed by atoms with Gasteiger partial charge in [0, 0.05) is 11.1 Å². The number of nitrogens with zero attached hydrogens (tertiary/aromatic N) is 2. The lowest BCUT2D eigenvalue weighted by Crippen LogP contribution is -2.29. The maximum Gasteiger partial charge on any atom is 0.269 e. The first kappa shape index (κ1) is 12.1. The molecule has 0 radical (unpaired) electrons. The Morgan fingerprint density at radius 2 is 2.05 bits per heavy atom. The molecule has 0 atom stereocenters. The molecule has 0 saturated carbocycles. The smallest absolute Gasteiger partial charge is 0.269 e. The van der Waals surface area contributed by atoms with E-state index in [0.717, 1.165) is 15.6 Å². The lowest BCUT2D eigenvalue weighted by molar-refractivity contribution is 0.0866. The predicted octanol–water partition coefficient (Wildman–Crippen LogP) is 1.07. The van der Waals surface area contributed by atoms with E-state index in [9.17, 15) is 13.2 Å². The summed E-state index contributed by atoms with van der Waals surface area (Å²) in [5, 5.41) is 0.344. The number of anilines is 1. The summed E-state index contributed by atoms with van der Waals surface area (Å²) in [5.74, 6) is -0.512. The van der Waals surface area contributed by atoms with E-state index in [-0.39, 0.29) is 17.0 Å². The van der Waals surface area contributed by atoms with Crippen LogP contribution in [0.3, 0.4) is 0 Å². The Balaban J connectivity index is 2.03. The molecule has 1 aromatic heterocycles. The minimum absolute atomic E-state index is 0.0370. The average molecular weight is 295 g/mol. The van der Waals surface area contributed by atoms with Crippen molar-refractivity contribution in [2.24, 2.45) is 0 Å². The van der Waals surface area contributed by atoms with Crippen LogP contribution in [-0.2, 0) is 16.6 Å². The Kier molecular flexibility index (Phi) is 2.58. The van der Waals surface area contributed by atoms with Crippen LogP contribution in [0.4, 0.5) is 5.13 Å². The van der Waals surface area contributed by atoms with E-state index in [4.69, 9.17) is 5.73 Å². The van der Waals surface area contributed by atoms with Crippen molar-refractivity contribution < 1.29 is 13.2 Å². The number of benzene rings is 1. The fourth-order valence-electron chi connectivity index (χ4n) is 1.92. The molecule has 1 amide bonds. The van der Waals surface area contributed by atoms with Crippen LogP contribution in [-0.4, -0.2) is 23.6 Å². The monoisotopic (exact) mass is 295 g/mol. The molecule has 1 aromatic carbocycles. The number of fused-ring (bicyclic) bond motifs is 1. The number of carbonyl (C=O) groups excluding carboxylic acids is 1. The standard InChI is InChI=1S/C11H9N3O3S2/c12-11-13-5-7(18-11)6-14-10(15)8-3-1-2-4-9(8)19(14,16)17/h1-5H,6H2,(H2,12,13). The summed E-state index contributed by atoms with van der Waals surface area (Å²) < 4.78 is 25.4. The summed E-state index contributed by atoms with van der Waals surface area (Å²) in [7, 11) is -3.76. The molecule has 6 nitrogen and oxygen atoms in total. The van der Waals surface area contributed by atoms with E-state index in [1.54, 1.807) is 12.1 Å². The first-order chi connectivity index (χ1) is 9.00. The van der Waals surface area contributed by atoms with Crippen molar-refractivity contribution in [3.63, 3.8) is 0 Å². The van der Waals surface area contributed by atoms with Gasteiger partial charge in [-0.3, -0.25) is 4.79 Å². The molecule has 0 bridgehead atoms. The highest BCUT2D eigenvalue weighted by molar-refractivity contribution is 7.90. The Labute approximate surface area is 113 Å². The van der Waals surface area contributed by atoms with E-state index < -0.39 is 15.9 Å². The SMILES string of the molecule is Nc1ncc(CN2C(=O)c3ccccc3S2(=O)=O)s1. The van der Waals surface area contributed by atoms with Crippen LogP contribution in [0.1, 0.15) is 15.2 Å². The number of nitrogen functional groups attached to an aromatic ring is 1. The Hall–Kier alpha value is -1.93. The third kappa shape index (κ3) is 1.80. The van der Waals surface area contributed by atoms with E-state index in [0.29, 0.717) is 10.0 Å². The van der Waals surface area contributed by atoms with E-state index >= 15 is 0 Å². The van der Waals surface area contributed by atoms with Gasteiger partial charge >= 0.3 is 0 Å². The van der Waals surface area contributed by atoms with E-state index in [1.807, 2.05) is 0 Å². The Bertz CT molecular complexity index is 767. The number of hydrogen-bond donors (Lipinski definition) is 1. The molecular weight excluding hydrogens is 286 g/mol. The molecule has 1 aliphatic rings. The molecule has 8 heteroatoms. The fourth-order valence-corrected chi connectivity index (χ4v) is 4.23. The number of nitrogens with two attached hydrogens (primary N) is 1.